The fourth-order valence-electron chi connectivity index (χ4n) is 5.89. The van der Waals surface area contributed by atoms with E-state index in [4.69, 9.17) is 24.1 Å². The highest BCUT2D eigenvalue weighted by Gasteiger charge is 2.35. The molecule has 6 atom stereocenters. The van der Waals surface area contributed by atoms with E-state index < -0.39 is 17.7 Å². The van der Waals surface area contributed by atoms with E-state index in [1.807, 2.05) is 25.7 Å². The molecular weight excluding hydrogens is 644 g/mol. The zero-order valence-electron chi connectivity index (χ0n) is 34.3. The summed E-state index contributed by atoms with van der Waals surface area (Å²) in [4.78, 5) is 62.1. The van der Waals surface area contributed by atoms with Crippen LogP contribution in [0.5, 0.6) is 0 Å². The minimum atomic E-state index is -0.749. The van der Waals surface area contributed by atoms with Gasteiger partial charge in [0, 0.05) is 34.9 Å². The molecule has 0 radical (unpaired) electrons. The molecule has 0 spiro atoms. The third kappa shape index (κ3) is 19.5. The van der Waals surface area contributed by atoms with Crippen molar-refractivity contribution < 1.29 is 43.3 Å². The number of hydrogen-bond acceptors (Lipinski definition) is 8. The largest absolute Gasteiger partial charge is 0.483 e. The Kier molecular flexibility index (Phi) is 28.6. The highest BCUT2D eigenvalue weighted by atomic mass is 16.6. The minimum absolute atomic E-state index is 0.0821. The fraction of sp³-hybridized carbons (Fsp3) is 0.865. The van der Waals surface area contributed by atoms with Gasteiger partial charge in [0.25, 0.3) is 6.47 Å². The molecular formula is C37H74N4O9. The third-order valence-electron chi connectivity index (χ3n) is 8.35. The van der Waals surface area contributed by atoms with Crippen molar-refractivity contribution in [3.63, 3.8) is 0 Å². The van der Waals surface area contributed by atoms with Gasteiger partial charge in [-0.3, -0.25) is 24.1 Å². The van der Waals surface area contributed by atoms with Crippen molar-refractivity contribution in [2.75, 3.05) is 41.4 Å². The molecule has 0 bridgehead atoms. The van der Waals surface area contributed by atoms with Gasteiger partial charge in [-0.15, -0.1) is 0 Å². The van der Waals surface area contributed by atoms with Crippen LogP contribution in [-0.4, -0.2) is 128 Å². The highest BCUT2D eigenvalue weighted by Crippen LogP contribution is 2.24. The van der Waals surface area contributed by atoms with Gasteiger partial charge in [-0.1, -0.05) is 75.2 Å². The quantitative estimate of drug-likeness (QED) is 0.203. The molecule has 0 aromatic heterocycles. The lowest BCUT2D eigenvalue weighted by molar-refractivity contribution is -0.138. The second-order valence-corrected chi connectivity index (χ2v) is 14.4. The number of hydrogen-bond donors (Lipinski definition) is 2. The molecule has 1 rings (SSSR count). The molecule has 13 heteroatoms. The molecule has 1 unspecified atom stereocenters. The Labute approximate surface area is 304 Å². The molecule has 0 aliphatic carbocycles. The summed E-state index contributed by atoms with van der Waals surface area (Å²) in [7, 11) is 6.67. The zero-order valence-corrected chi connectivity index (χ0v) is 34.3. The van der Waals surface area contributed by atoms with Crippen molar-refractivity contribution >= 4 is 30.8 Å². The second kappa shape index (κ2) is 27.8. The molecule has 4 amide bonds. The first-order chi connectivity index (χ1) is 23.2. The van der Waals surface area contributed by atoms with Crippen molar-refractivity contribution in [1.82, 2.24) is 20.0 Å². The summed E-state index contributed by atoms with van der Waals surface area (Å²) in [6.07, 6.45) is 5.61. The lowest BCUT2D eigenvalue weighted by Gasteiger charge is -2.37. The van der Waals surface area contributed by atoms with E-state index in [1.54, 1.807) is 46.9 Å². The van der Waals surface area contributed by atoms with Gasteiger partial charge in [0.15, 0.2) is 0 Å². The number of carboxylic acid groups (broad SMARTS) is 1. The van der Waals surface area contributed by atoms with Gasteiger partial charge in [0.1, 0.15) is 11.6 Å². The zero-order chi connectivity index (χ0) is 39.8. The number of nitrogens with zero attached hydrogens (tertiary/aromatic N) is 3. The molecule has 296 valence electrons. The summed E-state index contributed by atoms with van der Waals surface area (Å²) in [5, 5.41) is 9.60. The highest BCUT2D eigenvalue weighted by molar-refractivity contribution is 5.89. The lowest BCUT2D eigenvalue weighted by Crippen LogP contribution is -2.55. The SMILES string of the molecule is CCC.CC[C@H](C)[C@@H]([C@@H](CC)OC)N(C)C(=O)CNC(=O)C(C(C)C)N(C)C(=O)OC(C)(C)C.CO[C@H](C(C)C)[C@@H]1CCCN1C=O.O=CO. The smallest absolute Gasteiger partial charge is 0.410 e. The van der Waals surface area contributed by atoms with Gasteiger partial charge >= 0.3 is 6.09 Å². The molecule has 1 fully saturated rings. The molecule has 1 saturated heterocycles. The van der Waals surface area contributed by atoms with E-state index in [2.05, 4.69) is 46.9 Å². The van der Waals surface area contributed by atoms with Gasteiger partial charge in [0.2, 0.25) is 18.2 Å². The van der Waals surface area contributed by atoms with Gasteiger partial charge in [0.05, 0.1) is 30.8 Å². The Hall–Kier alpha value is -2.93. The van der Waals surface area contributed by atoms with Crippen LogP contribution in [0.2, 0.25) is 0 Å². The van der Waals surface area contributed by atoms with E-state index >= 15 is 0 Å². The number of likely N-dealkylation sites (tertiary alicyclic amines) is 1. The average Bonchev–Trinajstić information content (AvgIpc) is 3.50. The molecule has 13 nitrogen and oxygen atoms in total. The molecule has 2 N–H and O–H groups in total. The van der Waals surface area contributed by atoms with E-state index in [9.17, 15) is 19.2 Å². The first-order valence-electron chi connectivity index (χ1n) is 18.1. The Morgan fingerprint density at radius 2 is 1.44 bits per heavy atom. The van der Waals surface area contributed by atoms with Crippen LogP contribution < -0.4 is 5.32 Å². The summed E-state index contributed by atoms with van der Waals surface area (Å²) in [6.45, 7) is 24.2. The molecule has 1 heterocycles. The maximum absolute atomic E-state index is 12.9. The normalized spacial score (nSPS) is 16.8. The summed E-state index contributed by atoms with van der Waals surface area (Å²) in [5.74, 6) is -0.0245. The summed E-state index contributed by atoms with van der Waals surface area (Å²) in [6, 6.07) is -0.544. The predicted octanol–water partition coefficient (Wildman–Crippen LogP) is 5.69. The third-order valence-corrected chi connectivity index (χ3v) is 8.35. The van der Waals surface area contributed by atoms with E-state index in [-0.39, 0.29) is 54.9 Å². The summed E-state index contributed by atoms with van der Waals surface area (Å²) >= 11 is 0. The number of methoxy groups -OCH3 is 2. The first-order valence-corrected chi connectivity index (χ1v) is 18.1. The van der Waals surface area contributed by atoms with Crippen molar-refractivity contribution in [3.8, 4) is 0 Å². The molecule has 0 saturated carbocycles. The summed E-state index contributed by atoms with van der Waals surface area (Å²) in [5.41, 5.74) is -0.663. The van der Waals surface area contributed by atoms with Gasteiger partial charge in [-0.05, 0) is 57.8 Å². The summed E-state index contributed by atoms with van der Waals surface area (Å²) < 4.78 is 16.4. The van der Waals surface area contributed by atoms with Crippen LogP contribution in [-0.2, 0) is 33.4 Å². The lowest BCUT2D eigenvalue weighted by atomic mass is 9.91. The standard InChI is InChI=1S/C23H45N3O5.C10H19NO2.C3H8.CH2O2/c1-12-16(5)20(17(13-2)30-11)25(9)18(27)14-24-21(28)19(15(3)4)26(10)22(29)31-23(6,7)8;1-8(2)10(13-3)9-5-4-6-11(9)7-12;1-3-2;2-1-3/h15-17,19-20H,12-14H2,1-11H3,(H,24,28);7-10H,4-6H2,1-3H3;3H2,1-2H3;1H,(H,2,3)/t16-,17+,19?,20-;9-,10+;;/m00../s1. The number of amides is 4. The molecule has 1 aliphatic rings. The molecule has 50 heavy (non-hydrogen) atoms. The van der Waals surface area contributed by atoms with Crippen LogP contribution in [0.3, 0.4) is 0 Å². The number of likely N-dealkylation sites (N-methyl/N-ethyl adjacent to an activating group) is 2. The average molecular weight is 719 g/mol. The van der Waals surface area contributed by atoms with Crippen LogP contribution in [0, 0.1) is 17.8 Å². The monoisotopic (exact) mass is 719 g/mol. The number of carbonyl (C=O) groups is 5. The second-order valence-electron chi connectivity index (χ2n) is 14.4. The first kappa shape index (κ1) is 51.4. The van der Waals surface area contributed by atoms with Gasteiger partial charge < -0.3 is 34.4 Å². The van der Waals surface area contributed by atoms with Crippen LogP contribution in [0.25, 0.3) is 0 Å². The number of carbonyl (C=O) groups excluding carboxylic acids is 4. The van der Waals surface area contributed by atoms with Crippen molar-refractivity contribution in [1.29, 1.82) is 0 Å². The van der Waals surface area contributed by atoms with Crippen molar-refractivity contribution in [3.05, 3.63) is 0 Å². The predicted molar refractivity (Wildman–Crippen MR) is 199 cm³/mol. The van der Waals surface area contributed by atoms with Gasteiger partial charge in [-0.25, -0.2) is 4.79 Å². The van der Waals surface area contributed by atoms with E-state index in [0.717, 1.165) is 38.6 Å². The van der Waals surface area contributed by atoms with Crippen molar-refractivity contribution in [2.24, 2.45) is 17.8 Å². The van der Waals surface area contributed by atoms with Crippen LogP contribution >= 0.6 is 0 Å². The topological polar surface area (TPSA) is 155 Å². The Bertz CT molecular complexity index is 938. The molecule has 0 aromatic rings. The van der Waals surface area contributed by atoms with Crippen LogP contribution in [0.15, 0.2) is 0 Å². The van der Waals surface area contributed by atoms with E-state index in [0.29, 0.717) is 12.0 Å². The van der Waals surface area contributed by atoms with Crippen LogP contribution in [0.1, 0.15) is 115 Å². The Morgan fingerprint density at radius 3 is 1.80 bits per heavy atom. The number of nitrogens with one attached hydrogen (secondary N) is 1. The van der Waals surface area contributed by atoms with E-state index in [1.165, 1.54) is 18.4 Å². The maximum atomic E-state index is 12.9. The number of ether oxygens (including phenoxy) is 3. The maximum Gasteiger partial charge on any atom is 0.410 e. The molecule has 0 aromatic carbocycles. The van der Waals surface area contributed by atoms with Crippen molar-refractivity contribution in [2.45, 2.75) is 151 Å². The number of rotatable bonds is 15. The molecule has 1 aliphatic heterocycles. The fourth-order valence-corrected chi connectivity index (χ4v) is 5.89. The Morgan fingerprint density at radius 1 is 0.920 bits per heavy atom. The Balaban J connectivity index is -0.000000947. The minimum Gasteiger partial charge on any atom is -0.483 e. The van der Waals surface area contributed by atoms with Crippen LogP contribution in [0.4, 0.5) is 4.79 Å². The van der Waals surface area contributed by atoms with Gasteiger partial charge in [-0.2, -0.15) is 0 Å².